The number of rotatable bonds is 4. The van der Waals surface area contributed by atoms with Crippen molar-refractivity contribution < 1.29 is 24.4 Å². The van der Waals surface area contributed by atoms with E-state index in [9.17, 15) is 0 Å². The van der Waals surface area contributed by atoms with Gasteiger partial charge in [0.2, 0.25) is 0 Å². The maximum absolute atomic E-state index is 5.66. The molecule has 27 heavy (non-hydrogen) atoms. The highest BCUT2D eigenvalue weighted by atomic mass is 16.5. The predicted molar refractivity (Wildman–Crippen MR) is 103 cm³/mol. The minimum absolute atomic E-state index is 0. The van der Waals surface area contributed by atoms with Crippen molar-refractivity contribution in [3.05, 3.63) is 46.5 Å². The van der Waals surface area contributed by atoms with Crippen LogP contribution in [0, 0.1) is 0 Å². The molecule has 2 aliphatic rings. The van der Waals surface area contributed by atoms with E-state index < -0.39 is 0 Å². The van der Waals surface area contributed by atoms with Crippen molar-refractivity contribution in [2.75, 3.05) is 35.0 Å². The molecule has 0 radical (unpaired) electrons. The third-order valence-corrected chi connectivity index (χ3v) is 5.63. The quantitative estimate of drug-likeness (QED) is 0.824. The van der Waals surface area contributed by atoms with Crippen molar-refractivity contribution in [1.29, 1.82) is 0 Å². The molecule has 0 saturated heterocycles. The van der Waals surface area contributed by atoms with Gasteiger partial charge in [-0.2, -0.15) is 0 Å². The second-order valence-corrected chi connectivity index (χ2v) is 6.79. The zero-order chi connectivity index (χ0) is 18.3. The lowest BCUT2D eigenvalue weighted by Crippen LogP contribution is -2.39. The first-order valence-electron chi connectivity index (χ1n) is 8.91. The van der Waals surface area contributed by atoms with Gasteiger partial charge in [0.25, 0.3) is 0 Å². The van der Waals surface area contributed by atoms with Gasteiger partial charge < -0.3 is 24.4 Å². The van der Waals surface area contributed by atoms with Crippen LogP contribution in [0.5, 0.6) is 23.0 Å². The fraction of sp³-hybridized carbons (Fsp3) is 0.429. The summed E-state index contributed by atoms with van der Waals surface area (Å²) >= 11 is 0. The van der Waals surface area contributed by atoms with E-state index in [1.165, 1.54) is 22.3 Å². The molecule has 6 heteroatoms. The molecule has 2 N–H and O–H groups in total. The van der Waals surface area contributed by atoms with E-state index in [0.717, 1.165) is 48.9 Å². The van der Waals surface area contributed by atoms with Gasteiger partial charge in [0.05, 0.1) is 28.4 Å². The van der Waals surface area contributed by atoms with Crippen LogP contribution in [-0.4, -0.2) is 45.4 Å². The summed E-state index contributed by atoms with van der Waals surface area (Å²) in [5.74, 6) is 3.27. The Morgan fingerprint density at radius 2 is 1.56 bits per heavy atom. The Kier molecular flexibility index (Phi) is 5.48. The molecule has 0 spiro atoms. The molecular weight excluding hydrogens is 346 g/mol. The molecule has 2 aliphatic heterocycles. The summed E-state index contributed by atoms with van der Waals surface area (Å²) < 4.78 is 22.2. The lowest BCUT2D eigenvalue weighted by Gasteiger charge is -2.42. The molecule has 0 saturated carbocycles. The summed E-state index contributed by atoms with van der Waals surface area (Å²) in [6.45, 7) is 1.89. The van der Waals surface area contributed by atoms with Gasteiger partial charge in [0.15, 0.2) is 23.0 Å². The van der Waals surface area contributed by atoms with E-state index in [2.05, 4.69) is 23.1 Å². The molecule has 0 aromatic heterocycles. The highest BCUT2D eigenvalue weighted by Crippen LogP contribution is 2.45. The van der Waals surface area contributed by atoms with Crippen LogP contribution in [0.25, 0.3) is 0 Å². The van der Waals surface area contributed by atoms with Crippen LogP contribution in [-0.2, 0) is 19.4 Å². The zero-order valence-electron chi connectivity index (χ0n) is 16.3. The van der Waals surface area contributed by atoms with Crippen molar-refractivity contribution in [2.24, 2.45) is 0 Å². The normalized spacial score (nSPS) is 17.7. The fourth-order valence-electron chi connectivity index (χ4n) is 4.32. The number of hydrogen-bond donors (Lipinski definition) is 0. The molecule has 2 aromatic carbocycles. The van der Waals surface area contributed by atoms with Crippen molar-refractivity contribution in [3.8, 4) is 23.0 Å². The van der Waals surface area contributed by atoms with E-state index in [1.54, 1.807) is 28.4 Å². The van der Waals surface area contributed by atoms with Gasteiger partial charge in [-0.1, -0.05) is 6.07 Å². The van der Waals surface area contributed by atoms with Gasteiger partial charge in [-0.15, -0.1) is 0 Å². The Labute approximate surface area is 159 Å². The fourth-order valence-corrected chi connectivity index (χ4v) is 4.32. The molecule has 4 rings (SSSR count). The maximum Gasteiger partial charge on any atom is 0.165 e. The Bertz CT molecular complexity index is 836. The molecule has 0 fully saturated rings. The first-order valence-corrected chi connectivity index (χ1v) is 8.91. The number of ether oxygens (including phenoxy) is 4. The summed E-state index contributed by atoms with van der Waals surface area (Å²) in [5.41, 5.74) is 5.26. The Hall–Kier alpha value is -2.44. The topological polar surface area (TPSA) is 71.7 Å². The van der Waals surface area contributed by atoms with Crippen LogP contribution in [0.4, 0.5) is 0 Å². The van der Waals surface area contributed by atoms with Gasteiger partial charge in [-0.25, -0.2) is 0 Å². The Balaban J connectivity index is 0.00000210. The first-order chi connectivity index (χ1) is 12.7. The number of nitrogens with zero attached hydrogens (tertiary/aromatic N) is 1. The van der Waals surface area contributed by atoms with Crippen LogP contribution in [0.2, 0.25) is 0 Å². The van der Waals surface area contributed by atoms with Crippen molar-refractivity contribution >= 4 is 0 Å². The second kappa shape index (κ2) is 7.66. The average Bonchev–Trinajstić information content (AvgIpc) is 2.70. The van der Waals surface area contributed by atoms with E-state index in [4.69, 9.17) is 18.9 Å². The SMILES string of the molecule is COc1cc2c(cc1OC)C1Cc3ccc(OC)c(OC)c3CN1CC2.O. The third kappa shape index (κ3) is 3.09. The molecule has 0 aliphatic carbocycles. The number of benzene rings is 2. The van der Waals surface area contributed by atoms with E-state index in [1.807, 2.05) is 6.07 Å². The smallest absolute Gasteiger partial charge is 0.165 e. The highest BCUT2D eigenvalue weighted by molar-refractivity contribution is 5.54. The Morgan fingerprint density at radius 1 is 0.852 bits per heavy atom. The predicted octanol–water partition coefficient (Wildman–Crippen LogP) is 2.55. The van der Waals surface area contributed by atoms with Crippen molar-refractivity contribution in [2.45, 2.75) is 25.4 Å². The van der Waals surface area contributed by atoms with Crippen LogP contribution < -0.4 is 18.9 Å². The van der Waals surface area contributed by atoms with Crippen LogP contribution >= 0.6 is 0 Å². The summed E-state index contributed by atoms with van der Waals surface area (Å²) in [5, 5.41) is 0. The van der Waals surface area contributed by atoms with Gasteiger partial charge >= 0.3 is 0 Å². The second-order valence-electron chi connectivity index (χ2n) is 6.79. The number of hydrogen-bond acceptors (Lipinski definition) is 5. The maximum atomic E-state index is 5.66. The van der Waals surface area contributed by atoms with Crippen molar-refractivity contribution in [1.82, 2.24) is 4.90 Å². The van der Waals surface area contributed by atoms with E-state index in [0.29, 0.717) is 6.04 Å². The molecule has 1 unspecified atom stereocenters. The Morgan fingerprint density at radius 3 is 2.22 bits per heavy atom. The molecule has 0 bridgehead atoms. The molecule has 2 heterocycles. The average molecular weight is 373 g/mol. The lowest BCUT2D eigenvalue weighted by molar-refractivity contribution is 0.157. The minimum Gasteiger partial charge on any atom is -0.493 e. The van der Waals surface area contributed by atoms with E-state index in [-0.39, 0.29) is 5.48 Å². The molecule has 6 nitrogen and oxygen atoms in total. The van der Waals surface area contributed by atoms with Crippen LogP contribution in [0.3, 0.4) is 0 Å². The third-order valence-electron chi connectivity index (χ3n) is 5.63. The largest absolute Gasteiger partial charge is 0.493 e. The van der Waals surface area contributed by atoms with Gasteiger partial charge in [0.1, 0.15) is 0 Å². The zero-order valence-corrected chi connectivity index (χ0v) is 16.3. The minimum atomic E-state index is 0. The first kappa shape index (κ1) is 19.3. The number of methoxy groups -OCH3 is 4. The lowest BCUT2D eigenvalue weighted by atomic mass is 9.83. The van der Waals surface area contributed by atoms with Gasteiger partial charge in [0, 0.05) is 24.7 Å². The van der Waals surface area contributed by atoms with Crippen LogP contribution in [0.1, 0.15) is 28.3 Å². The van der Waals surface area contributed by atoms with Crippen molar-refractivity contribution in [3.63, 3.8) is 0 Å². The summed E-state index contributed by atoms with van der Waals surface area (Å²) in [6, 6.07) is 8.81. The monoisotopic (exact) mass is 373 g/mol. The molecule has 0 amide bonds. The van der Waals surface area contributed by atoms with Gasteiger partial charge in [-0.3, -0.25) is 4.90 Å². The molecular formula is C21H27NO5. The van der Waals surface area contributed by atoms with Crippen LogP contribution in [0.15, 0.2) is 24.3 Å². The number of fused-ring (bicyclic) bond motifs is 4. The molecule has 1 atom stereocenters. The molecule has 146 valence electrons. The highest BCUT2D eigenvalue weighted by Gasteiger charge is 2.34. The van der Waals surface area contributed by atoms with Gasteiger partial charge in [-0.05, 0) is 47.7 Å². The standard InChI is InChI=1S/C21H25NO4.H2O/c1-23-18-6-5-13-9-17-15-11-20(25-3)19(24-2)10-14(15)7-8-22(17)12-16(13)21(18)26-4;/h5-6,10-11,17H,7-9,12H2,1-4H3;1H2. The van der Waals surface area contributed by atoms with E-state index >= 15 is 0 Å². The summed E-state index contributed by atoms with van der Waals surface area (Å²) in [7, 11) is 6.79. The summed E-state index contributed by atoms with van der Waals surface area (Å²) in [4.78, 5) is 2.53. The summed E-state index contributed by atoms with van der Waals surface area (Å²) in [6.07, 6.45) is 1.96. The molecule has 2 aromatic rings.